The molecule has 1 fully saturated rings. The number of carbonyl (C=O) groups excluding carboxylic acids is 1. The molecular weight excluding hydrogens is 186 g/mol. The quantitative estimate of drug-likeness (QED) is 0.549. The van der Waals surface area contributed by atoms with Crippen LogP contribution in [0.15, 0.2) is 12.7 Å². The lowest BCUT2D eigenvalue weighted by atomic mass is 10.0. The van der Waals surface area contributed by atoms with Gasteiger partial charge in [0.05, 0.1) is 0 Å². The van der Waals surface area contributed by atoms with Crippen molar-refractivity contribution in [3.8, 4) is 0 Å². The molecule has 0 aliphatic carbocycles. The van der Waals surface area contributed by atoms with Crippen LogP contribution in [0.25, 0.3) is 0 Å². The van der Waals surface area contributed by atoms with Crippen molar-refractivity contribution in [3.05, 3.63) is 12.7 Å². The third-order valence-corrected chi connectivity index (χ3v) is 3.30. The van der Waals surface area contributed by atoms with E-state index in [1.807, 2.05) is 13.8 Å². The molecule has 1 rings (SSSR count). The fraction of sp³-hybridized carbons (Fsp3) is 0.667. The summed E-state index contributed by atoms with van der Waals surface area (Å²) in [5.74, 6) is 0.621. The third-order valence-electron chi connectivity index (χ3n) is 2.01. The molecule has 1 N–H and O–H groups in total. The van der Waals surface area contributed by atoms with Crippen LogP contribution in [0.1, 0.15) is 13.8 Å². The minimum atomic E-state index is -0.197. The number of thioether (sulfide) groups is 1. The van der Waals surface area contributed by atoms with E-state index in [-0.39, 0.29) is 23.4 Å². The van der Waals surface area contributed by atoms with Crippen LogP contribution < -0.4 is 5.32 Å². The predicted octanol–water partition coefficient (Wildman–Crippen LogP) is 1.16. The van der Waals surface area contributed by atoms with E-state index in [0.717, 1.165) is 5.88 Å². The average Bonchev–Trinajstić information content (AvgIpc) is 2.41. The van der Waals surface area contributed by atoms with Crippen LogP contribution in [-0.2, 0) is 9.53 Å². The maximum absolute atomic E-state index is 11.5. The Morgan fingerprint density at radius 2 is 2.54 bits per heavy atom. The second kappa shape index (κ2) is 4.15. The molecule has 1 atom stereocenters. The van der Waals surface area contributed by atoms with Crippen molar-refractivity contribution in [2.24, 2.45) is 0 Å². The van der Waals surface area contributed by atoms with E-state index in [9.17, 15) is 4.79 Å². The molecular formula is C9H15NO2S. The number of rotatable bonds is 3. The van der Waals surface area contributed by atoms with Crippen molar-refractivity contribution in [1.29, 1.82) is 0 Å². The summed E-state index contributed by atoms with van der Waals surface area (Å²) in [6.45, 7) is 7.86. The first-order valence-electron chi connectivity index (χ1n) is 4.23. The first kappa shape index (κ1) is 10.6. The molecule has 0 bridgehead atoms. The third kappa shape index (κ3) is 2.48. The number of nitrogens with one attached hydrogen (secondary N) is 1. The topological polar surface area (TPSA) is 38.3 Å². The average molecular weight is 201 g/mol. The van der Waals surface area contributed by atoms with Gasteiger partial charge in [-0.25, -0.2) is 0 Å². The highest BCUT2D eigenvalue weighted by Crippen LogP contribution is 2.33. The second-order valence-corrected chi connectivity index (χ2v) is 5.08. The highest BCUT2D eigenvalue weighted by atomic mass is 32.2. The van der Waals surface area contributed by atoms with Crippen LogP contribution in [0.3, 0.4) is 0 Å². The highest BCUT2D eigenvalue weighted by Gasteiger charge is 2.40. The van der Waals surface area contributed by atoms with Crippen molar-refractivity contribution in [2.75, 3.05) is 12.5 Å². The van der Waals surface area contributed by atoms with E-state index in [1.54, 1.807) is 17.8 Å². The van der Waals surface area contributed by atoms with Gasteiger partial charge in [0.2, 0.25) is 0 Å². The van der Waals surface area contributed by atoms with Crippen molar-refractivity contribution in [1.82, 2.24) is 5.32 Å². The van der Waals surface area contributed by atoms with E-state index in [1.165, 1.54) is 0 Å². The van der Waals surface area contributed by atoms with Gasteiger partial charge in [0.25, 0.3) is 0 Å². The van der Waals surface area contributed by atoms with Crippen LogP contribution in [0.2, 0.25) is 0 Å². The monoisotopic (exact) mass is 201 g/mol. The zero-order valence-corrected chi connectivity index (χ0v) is 8.82. The minimum absolute atomic E-state index is 0.0712. The molecule has 1 saturated heterocycles. The molecule has 1 unspecified atom stereocenters. The van der Waals surface area contributed by atoms with Gasteiger partial charge in [0.15, 0.2) is 0 Å². The Hall–Kier alpha value is -0.480. The van der Waals surface area contributed by atoms with Crippen molar-refractivity contribution in [2.45, 2.75) is 24.6 Å². The molecule has 0 radical (unpaired) electrons. The summed E-state index contributed by atoms with van der Waals surface area (Å²) in [7, 11) is 0. The summed E-state index contributed by atoms with van der Waals surface area (Å²) >= 11 is 1.73. The molecule has 3 nitrogen and oxygen atoms in total. The minimum Gasteiger partial charge on any atom is -0.460 e. The lowest BCUT2D eigenvalue weighted by Crippen LogP contribution is -2.44. The molecule has 1 aliphatic heterocycles. The predicted molar refractivity (Wildman–Crippen MR) is 54.6 cm³/mol. The van der Waals surface area contributed by atoms with E-state index in [2.05, 4.69) is 11.9 Å². The molecule has 74 valence electrons. The molecule has 0 aromatic carbocycles. The molecule has 0 saturated carbocycles. The molecule has 1 heterocycles. The van der Waals surface area contributed by atoms with Gasteiger partial charge in [0.1, 0.15) is 12.6 Å². The Labute approximate surface area is 82.9 Å². The number of carbonyl (C=O) groups is 1. The molecule has 0 amide bonds. The normalized spacial score (nSPS) is 25.5. The summed E-state index contributed by atoms with van der Waals surface area (Å²) in [6.07, 6.45) is 1.58. The van der Waals surface area contributed by atoms with Gasteiger partial charge in [0, 0.05) is 10.6 Å². The van der Waals surface area contributed by atoms with E-state index >= 15 is 0 Å². The van der Waals surface area contributed by atoms with Gasteiger partial charge in [-0.2, -0.15) is 0 Å². The molecule has 4 heteroatoms. The van der Waals surface area contributed by atoms with Crippen LogP contribution in [0.4, 0.5) is 0 Å². The zero-order chi connectivity index (χ0) is 9.90. The molecule has 0 aromatic heterocycles. The van der Waals surface area contributed by atoms with Gasteiger partial charge in [-0.15, -0.1) is 11.8 Å². The number of ether oxygens (including phenoxy) is 1. The van der Waals surface area contributed by atoms with Gasteiger partial charge in [-0.1, -0.05) is 12.7 Å². The number of hydrogen-bond acceptors (Lipinski definition) is 4. The van der Waals surface area contributed by atoms with Crippen LogP contribution >= 0.6 is 11.8 Å². The second-order valence-electron chi connectivity index (χ2n) is 3.45. The summed E-state index contributed by atoms with van der Waals surface area (Å²) < 4.78 is 4.91. The number of hydrogen-bond donors (Lipinski definition) is 1. The summed E-state index contributed by atoms with van der Waals surface area (Å²) in [4.78, 5) is 11.5. The van der Waals surface area contributed by atoms with Crippen LogP contribution in [0, 0.1) is 0 Å². The van der Waals surface area contributed by atoms with E-state index in [0.29, 0.717) is 0 Å². The summed E-state index contributed by atoms with van der Waals surface area (Å²) in [5.41, 5.74) is 0. The molecule has 13 heavy (non-hydrogen) atoms. The SMILES string of the molecule is C=CCOC(=O)C1NCSC1(C)C. The first-order chi connectivity index (χ1) is 6.08. The fourth-order valence-electron chi connectivity index (χ4n) is 1.23. The largest absolute Gasteiger partial charge is 0.460 e. The first-order valence-corrected chi connectivity index (χ1v) is 5.21. The number of esters is 1. The van der Waals surface area contributed by atoms with Crippen LogP contribution in [0.5, 0.6) is 0 Å². The van der Waals surface area contributed by atoms with Crippen LogP contribution in [-0.4, -0.2) is 29.2 Å². The highest BCUT2D eigenvalue weighted by molar-refractivity contribution is 8.00. The fourth-order valence-corrected chi connectivity index (χ4v) is 2.20. The molecule has 0 aromatic rings. The van der Waals surface area contributed by atoms with Gasteiger partial charge in [-0.05, 0) is 13.8 Å². The molecule has 1 aliphatic rings. The molecule has 0 spiro atoms. The Kier molecular flexibility index (Phi) is 3.39. The van der Waals surface area contributed by atoms with E-state index < -0.39 is 0 Å². The summed E-state index contributed by atoms with van der Waals surface area (Å²) in [5, 5.41) is 3.11. The lowest BCUT2D eigenvalue weighted by Gasteiger charge is -2.23. The smallest absolute Gasteiger partial charge is 0.324 e. The Bertz CT molecular complexity index is 216. The standard InChI is InChI=1S/C9H15NO2S/c1-4-5-12-8(11)7-9(2,3)13-6-10-7/h4,7,10H,1,5-6H2,2-3H3. The van der Waals surface area contributed by atoms with Gasteiger partial charge >= 0.3 is 5.97 Å². The Balaban J connectivity index is 2.51. The van der Waals surface area contributed by atoms with E-state index in [4.69, 9.17) is 4.74 Å². The lowest BCUT2D eigenvalue weighted by molar-refractivity contribution is -0.145. The maximum atomic E-state index is 11.5. The Morgan fingerprint density at radius 3 is 3.00 bits per heavy atom. The maximum Gasteiger partial charge on any atom is 0.324 e. The zero-order valence-electron chi connectivity index (χ0n) is 8.00. The van der Waals surface area contributed by atoms with Crippen molar-refractivity contribution in [3.63, 3.8) is 0 Å². The Morgan fingerprint density at radius 1 is 1.85 bits per heavy atom. The van der Waals surface area contributed by atoms with Crippen molar-refractivity contribution < 1.29 is 9.53 Å². The van der Waals surface area contributed by atoms with Gasteiger partial charge in [-0.3, -0.25) is 10.1 Å². The van der Waals surface area contributed by atoms with Crippen molar-refractivity contribution >= 4 is 17.7 Å². The summed E-state index contributed by atoms with van der Waals surface area (Å²) in [6, 6.07) is -0.197. The van der Waals surface area contributed by atoms with Gasteiger partial charge < -0.3 is 4.74 Å².